The largest absolute Gasteiger partial charge is 0.472 e. The van der Waals surface area contributed by atoms with Crippen molar-refractivity contribution in [2.45, 2.75) is 32.8 Å². The molecule has 0 aliphatic carbocycles. The molecule has 0 saturated carbocycles. The Labute approximate surface area is 153 Å². The summed E-state index contributed by atoms with van der Waals surface area (Å²) in [7, 11) is 1.51. The van der Waals surface area contributed by atoms with E-state index in [9.17, 15) is 4.79 Å². The lowest BCUT2D eigenvalue weighted by molar-refractivity contribution is 0.102. The van der Waals surface area contributed by atoms with Crippen LogP contribution in [0, 0.1) is 13.8 Å². The van der Waals surface area contributed by atoms with Crippen molar-refractivity contribution in [1.82, 2.24) is 14.9 Å². The second-order valence-electron chi connectivity index (χ2n) is 6.52. The zero-order valence-electron chi connectivity index (χ0n) is 15.4. The van der Waals surface area contributed by atoms with E-state index in [4.69, 9.17) is 9.47 Å². The SMILES string of the molecule is COc1nccc(OC2CCCN(C(=O)Nc3cc(C)cc(C)c3)C2)n1. The van der Waals surface area contributed by atoms with Gasteiger partial charge in [-0.05, 0) is 49.9 Å². The Morgan fingerprint density at radius 2 is 2.04 bits per heavy atom. The molecule has 1 aliphatic heterocycles. The number of carbonyl (C=O) groups is 1. The Morgan fingerprint density at radius 3 is 2.77 bits per heavy atom. The van der Waals surface area contributed by atoms with Gasteiger partial charge in [0.05, 0.1) is 13.7 Å². The molecule has 1 aliphatic rings. The van der Waals surface area contributed by atoms with E-state index in [2.05, 4.69) is 21.4 Å². The number of piperidine rings is 1. The van der Waals surface area contributed by atoms with E-state index < -0.39 is 0 Å². The van der Waals surface area contributed by atoms with Crippen molar-refractivity contribution in [1.29, 1.82) is 0 Å². The van der Waals surface area contributed by atoms with Gasteiger partial charge in [0.15, 0.2) is 0 Å². The number of nitrogens with one attached hydrogen (secondary N) is 1. The molecule has 0 bridgehead atoms. The third kappa shape index (κ3) is 4.62. The first-order valence-corrected chi connectivity index (χ1v) is 8.71. The minimum Gasteiger partial charge on any atom is -0.472 e. The molecule has 138 valence electrons. The molecule has 26 heavy (non-hydrogen) atoms. The topological polar surface area (TPSA) is 76.6 Å². The molecule has 7 heteroatoms. The fraction of sp³-hybridized carbons (Fsp3) is 0.421. The summed E-state index contributed by atoms with van der Waals surface area (Å²) in [5.41, 5.74) is 3.06. The lowest BCUT2D eigenvalue weighted by Gasteiger charge is -2.32. The fourth-order valence-corrected chi connectivity index (χ4v) is 3.13. The number of urea groups is 1. The Bertz CT molecular complexity index is 761. The highest BCUT2D eigenvalue weighted by Gasteiger charge is 2.25. The molecule has 1 atom stereocenters. The van der Waals surface area contributed by atoms with Gasteiger partial charge in [0.25, 0.3) is 0 Å². The van der Waals surface area contributed by atoms with Crippen LogP contribution in [0.25, 0.3) is 0 Å². The van der Waals surface area contributed by atoms with Gasteiger partial charge >= 0.3 is 12.0 Å². The molecule has 1 aromatic heterocycles. The molecule has 1 unspecified atom stereocenters. The highest BCUT2D eigenvalue weighted by Crippen LogP contribution is 2.20. The van der Waals surface area contributed by atoms with E-state index in [0.717, 1.165) is 29.7 Å². The Hall–Kier alpha value is -2.83. The quantitative estimate of drug-likeness (QED) is 0.910. The molecule has 3 rings (SSSR count). The summed E-state index contributed by atoms with van der Waals surface area (Å²) in [5.74, 6) is 0.457. The van der Waals surface area contributed by atoms with Gasteiger partial charge in [-0.25, -0.2) is 9.78 Å². The monoisotopic (exact) mass is 356 g/mol. The number of anilines is 1. The van der Waals surface area contributed by atoms with Gasteiger partial charge in [-0.2, -0.15) is 4.98 Å². The first-order chi connectivity index (χ1) is 12.5. The van der Waals surface area contributed by atoms with Gasteiger partial charge < -0.3 is 19.7 Å². The summed E-state index contributed by atoms with van der Waals surface area (Å²) in [6.45, 7) is 5.26. The van der Waals surface area contributed by atoms with E-state index in [0.29, 0.717) is 19.0 Å². The van der Waals surface area contributed by atoms with Gasteiger partial charge in [-0.1, -0.05) is 6.07 Å². The molecule has 2 amide bonds. The molecule has 0 radical (unpaired) electrons. The summed E-state index contributed by atoms with van der Waals surface area (Å²) in [6.07, 6.45) is 3.25. The summed E-state index contributed by atoms with van der Waals surface area (Å²) in [4.78, 5) is 22.5. The summed E-state index contributed by atoms with van der Waals surface area (Å²) in [6, 6.07) is 7.87. The number of ether oxygens (including phenoxy) is 2. The number of likely N-dealkylation sites (tertiary alicyclic amines) is 1. The van der Waals surface area contributed by atoms with Crippen LogP contribution in [0.3, 0.4) is 0 Å². The third-order valence-electron chi connectivity index (χ3n) is 4.22. The van der Waals surface area contributed by atoms with Crippen LogP contribution in [-0.2, 0) is 0 Å². The predicted octanol–water partition coefficient (Wildman–Crippen LogP) is 3.18. The molecule has 1 N–H and O–H groups in total. The van der Waals surface area contributed by atoms with Crippen LogP contribution >= 0.6 is 0 Å². The molecule has 2 heterocycles. The van der Waals surface area contributed by atoms with Crippen LogP contribution in [0.1, 0.15) is 24.0 Å². The first-order valence-electron chi connectivity index (χ1n) is 8.71. The smallest absolute Gasteiger partial charge is 0.321 e. The maximum absolute atomic E-state index is 12.6. The zero-order valence-corrected chi connectivity index (χ0v) is 15.4. The van der Waals surface area contributed by atoms with Crippen LogP contribution in [0.4, 0.5) is 10.5 Å². The molecule has 1 saturated heterocycles. The number of benzene rings is 1. The van der Waals surface area contributed by atoms with Crippen molar-refractivity contribution in [3.05, 3.63) is 41.6 Å². The van der Waals surface area contributed by atoms with Crippen LogP contribution < -0.4 is 14.8 Å². The molecular formula is C19H24N4O3. The minimum atomic E-state index is -0.108. The number of rotatable bonds is 4. The molecule has 1 aromatic carbocycles. The third-order valence-corrected chi connectivity index (χ3v) is 4.22. The van der Waals surface area contributed by atoms with Crippen molar-refractivity contribution in [2.24, 2.45) is 0 Å². The van der Waals surface area contributed by atoms with Crippen LogP contribution in [0.5, 0.6) is 11.9 Å². The Morgan fingerprint density at radius 1 is 1.27 bits per heavy atom. The molecule has 0 spiro atoms. The average molecular weight is 356 g/mol. The lowest BCUT2D eigenvalue weighted by atomic mass is 10.1. The second-order valence-corrected chi connectivity index (χ2v) is 6.52. The number of aryl methyl sites for hydroxylation is 2. The van der Waals surface area contributed by atoms with E-state index in [1.807, 2.05) is 26.0 Å². The molecule has 2 aromatic rings. The lowest BCUT2D eigenvalue weighted by Crippen LogP contribution is -2.46. The maximum atomic E-state index is 12.6. The Balaban J connectivity index is 1.61. The van der Waals surface area contributed by atoms with E-state index in [1.54, 1.807) is 17.2 Å². The fourth-order valence-electron chi connectivity index (χ4n) is 3.13. The van der Waals surface area contributed by atoms with E-state index in [-0.39, 0.29) is 18.1 Å². The van der Waals surface area contributed by atoms with Crippen molar-refractivity contribution < 1.29 is 14.3 Å². The number of nitrogens with zero attached hydrogens (tertiary/aromatic N) is 3. The van der Waals surface area contributed by atoms with Gasteiger partial charge in [-0.15, -0.1) is 0 Å². The summed E-state index contributed by atoms with van der Waals surface area (Å²) >= 11 is 0. The van der Waals surface area contributed by atoms with Crippen molar-refractivity contribution >= 4 is 11.7 Å². The number of amides is 2. The van der Waals surface area contributed by atoms with Crippen molar-refractivity contribution in [2.75, 3.05) is 25.5 Å². The summed E-state index contributed by atoms with van der Waals surface area (Å²) in [5, 5.41) is 2.98. The van der Waals surface area contributed by atoms with E-state index in [1.165, 1.54) is 7.11 Å². The Kier molecular flexibility index (Phi) is 5.55. The average Bonchev–Trinajstić information content (AvgIpc) is 2.61. The molecule has 7 nitrogen and oxygen atoms in total. The van der Waals surface area contributed by atoms with Gasteiger partial charge in [0.2, 0.25) is 5.88 Å². The number of hydrogen-bond donors (Lipinski definition) is 1. The van der Waals surface area contributed by atoms with Crippen molar-refractivity contribution in [3.63, 3.8) is 0 Å². The highest BCUT2D eigenvalue weighted by atomic mass is 16.5. The van der Waals surface area contributed by atoms with Crippen LogP contribution in [0.15, 0.2) is 30.5 Å². The number of hydrogen-bond acceptors (Lipinski definition) is 5. The predicted molar refractivity (Wildman–Crippen MR) is 98.7 cm³/mol. The number of methoxy groups -OCH3 is 1. The number of carbonyl (C=O) groups excluding carboxylic acids is 1. The normalized spacial score (nSPS) is 16.9. The minimum absolute atomic E-state index is 0.103. The van der Waals surface area contributed by atoms with E-state index >= 15 is 0 Å². The van der Waals surface area contributed by atoms with Gasteiger partial charge in [0.1, 0.15) is 6.10 Å². The van der Waals surface area contributed by atoms with Gasteiger partial charge in [0, 0.05) is 24.5 Å². The van der Waals surface area contributed by atoms with Gasteiger partial charge in [-0.3, -0.25) is 0 Å². The summed E-state index contributed by atoms with van der Waals surface area (Å²) < 4.78 is 10.9. The number of aromatic nitrogens is 2. The van der Waals surface area contributed by atoms with Crippen LogP contribution in [0.2, 0.25) is 0 Å². The molecular weight excluding hydrogens is 332 g/mol. The highest BCUT2D eigenvalue weighted by molar-refractivity contribution is 5.89. The van der Waals surface area contributed by atoms with Crippen LogP contribution in [-0.4, -0.2) is 47.2 Å². The second kappa shape index (κ2) is 8.03. The standard InChI is InChI=1S/C19H24N4O3/c1-13-9-14(2)11-15(10-13)21-19(24)23-8-4-5-16(12-23)26-17-6-7-20-18(22-17)25-3/h6-7,9-11,16H,4-5,8,12H2,1-3H3,(H,21,24). The molecule has 1 fully saturated rings. The van der Waals surface area contributed by atoms with Crippen molar-refractivity contribution in [3.8, 4) is 11.9 Å². The zero-order chi connectivity index (χ0) is 18.5. The maximum Gasteiger partial charge on any atom is 0.321 e. The first kappa shape index (κ1) is 18.0.